The van der Waals surface area contributed by atoms with E-state index in [1.165, 1.54) is 32.1 Å². The molecule has 0 aliphatic heterocycles. The predicted molar refractivity (Wildman–Crippen MR) is 147 cm³/mol. The highest BCUT2D eigenvalue weighted by Gasteiger charge is 2.22. The Hall–Kier alpha value is -3.38. The van der Waals surface area contributed by atoms with Crippen LogP contribution in [0, 0.1) is 12.8 Å². The van der Waals surface area contributed by atoms with E-state index < -0.39 is 0 Å². The largest absolute Gasteiger partial charge is 0.497 e. The second kappa shape index (κ2) is 11.1. The summed E-state index contributed by atoms with van der Waals surface area (Å²) in [5, 5.41) is 6.29. The van der Waals surface area contributed by atoms with Gasteiger partial charge in [-0.15, -0.1) is 11.3 Å². The number of nitrogens with one attached hydrogen (secondary N) is 1. The van der Waals surface area contributed by atoms with E-state index in [1.807, 2.05) is 43.3 Å². The van der Waals surface area contributed by atoms with Crippen LogP contribution in [0.25, 0.3) is 22.0 Å². The van der Waals surface area contributed by atoms with E-state index in [0.717, 1.165) is 51.1 Å². The minimum absolute atomic E-state index is 0.00585. The molecule has 2 aromatic heterocycles. The van der Waals surface area contributed by atoms with Crippen LogP contribution in [0.15, 0.2) is 66.0 Å². The normalized spacial score (nSPS) is 14.1. The molecule has 2 aromatic carbocycles. The van der Waals surface area contributed by atoms with Gasteiger partial charge in [0, 0.05) is 29.7 Å². The van der Waals surface area contributed by atoms with Crippen LogP contribution in [-0.2, 0) is 6.54 Å². The molecule has 1 aliphatic carbocycles. The third-order valence-corrected chi connectivity index (χ3v) is 8.07. The van der Waals surface area contributed by atoms with Gasteiger partial charge in [-0.25, -0.2) is 4.98 Å². The van der Waals surface area contributed by atoms with Crippen LogP contribution in [0.4, 0.5) is 0 Å². The highest BCUT2D eigenvalue weighted by molar-refractivity contribution is 7.13. The summed E-state index contributed by atoms with van der Waals surface area (Å²) in [7, 11) is 1.67. The van der Waals surface area contributed by atoms with Crippen molar-refractivity contribution in [2.24, 2.45) is 5.92 Å². The second-order valence-electron chi connectivity index (χ2n) is 9.58. The first-order valence-electron chi connectivity index (χ1n) is 12.7. The van der Waals surface area contributed by atoms with Crippen molar-refractivity contribution in [2.75, 3.05) is 13.7 Å². The smallest absolute Gasteiger partial charge is 0.253 e. The Kier molecular flexibility index (Phi) is 7.52. The van der Waals surface area contributed by atoms with Gasteiger partial charge in [0.25, 0.3) is 5.91 Å². The van der Waals surface area contributed by atoms with Crippen LogP contribution in [0.5, 0.6) is 5.75 Å². The molecule has 36 heavy (non-hydrogen) atoms. The SMILES string of the molecule is COc1ccc(Cn2c(-c3csc(-c4ccccc4)n3)cc(C(=O)NCC3CCCCC3)c2C)cc1. The second-order valence-corrected chi connectivity index (χ2v) is 10.4. The number of amides is 1. The minimum Gasteiger partial charge on any atom is -0.497 e. The Labute approximate surface area is 217 Å². The minimum atomic E-state index is 0.00585. The molecule has 1 fully saturated rings. The monoisotopic (exact) mass is 499 g/mol. The Bertz CT molecular complexity index is 1300. The van der Waals surface area contributed by atoms with Gasteiger partial charge in [0.1, 0.15) is 10.8 Å². The molecule has 6 heteroatoms. The highest BCUT2D eigenvalue weighted by Crippen LogP contribution is 2.32. The van der Waals surface area contributed by atoms with E-state index in [2.05, 4.69) is 39.5 Å². The molecule has 2 heterocycles. The Morgan fingerprint density at radius 3 is 2.56 bits per heavy atom. The lowest BCUT2D eigenvalue weighted by atomic mass is 9.89. The summed E-state index contributed by atoms with van der Waals surface area (Å²) in [5.41, 5.74) is 5.78. The van der Waals surface area contributed by atoms with Gasteiger partial charge in [-0.2, -0.15) is 0 Å². The lowest BCUT2D eigenvalue weighted by molar-refractivity contribution is 0.0943. The van der Waals surface area contributed by atoms with Crippen LogP contribution in [0.1, 0.15) is 53.7 Å². The van der Waals surface area contributed by atoms with Gasteiger partial charge in [0.05, 0.1) is 24.1 Å². The van der Waals surface area contributed by atoms with Gasteiger partial charge in [0.2, 0.25) is 0 Å². The van der Waals surface area contributed by atoms with Crippen molar-refractivity contribution in [3.8, 4) is 27.7 Å². The number of aromatic nitrogens is 2. The van der Waals surface area contributed by atoms with Crippen LogP contribution in [0.2, 0.25) is 0 Å². The predicted octanol–water partition coefficient (Wildman–Crippen LogP) is 6.95. The third kappa shape index (κ3) is 5.39. The lowest BCUT2D eigenvalue weighted by Crippen LogP contribution is -2.30. The zero-order valence-electron chi connectivity index (χ0n) is 21.0. The van der Waals surface area contributed by atoms with E-state index in [-0.39, 0.29) is 5.91 Å². The maximum absolute atomic E-state index is 13.3. The van der Waals surface area contributed by atoms with Gasteiger partial charge in [-0.3, -0.25) is 4.79 Å². The van der Waals surface area contributed by atoms with Gasteiger partial charge in [0.15, 0.2) is 0 Å². The summed E-state index contributed by atoms with van der Waals surface area (Å²) in [4.78, 5) is 18.3. The van der Waals surface area contributed by atoms with Crippen molar-refractivity contribution < 1.29 is 9.53 Å². The topological polar surface area (TPSA) is 56.2 Å². The average Bonchev–Trinajstić information content (AvgIpc) is 3.54. The number of ether oxygens (including phenoxy) is 1. The van der Waals surface area contributed by atoms with E-state index in [1.54, 1.807) is 18.4 Å². The van der Waals surface area contributed by atoms with Gasteiger partial charge in [-0.05, 0) is 49.4 Å². The summed E-state index contributed by atoms with van der Waals surface area (Å²) in [5.74, 6) is 1.43. The number of hydrogen-bond donors (Lipinski definition) is 1. The molecule has 1 amide bonds. The maximum atomic E-state index is 13.3. The molecular formula is C30H33N3O2S. The summed E-state index contributed by atoms with van der Waals surface area (Å²) in [6.07, 6.45) is 6.29. The molecule has 5 nitrogen and oxygen atoms in total. The maximum Gasteiger partial charge on any atom is 0.253 e. The third-order valence-electron chi connectivity index (χ3n) is 7.17. The zero-order valence-corrected chi connectivity index (χ0v) is 21.8. The Morgan fingerprint density at radius 1 is 1.08 bits per heavy atom. The van der Waals surface area contributed by atoms with Crippen LogP contribution in [0.3, 0.4) is 0 Å². The fourth-order valence-electron chi connectivity index (χ4n) is 5.03. The molecule has 0 atom stereocenters. The standard InChI is InChI=1S/C30H33N3O2S/c1-21-26(29(34)31-18-22-9-5-3-6-10-22)17-28(33(21)19-23-13-15-25(35-2)16-14-23)27-20-36-30(32-27)24-11-7-4-8-12-24/h4,7-8,11-17,20,22H,3,5-6,9-10,18-19H2,1-2H3,(H,31,34). The van der Waals surface area contributed by atoms with E-state index in [9.17, 15) is 4.79 Å². The number of thiazole rings is 1. The van der Waals surface area contributed by atoms with E-state index in [0.29, 0.717) is 12.5 Å². The number of hydrogen-bond acceptors (Lipinski definition) is 4. The van der Waals surface area contributed by atoms with Crippen molar-refractivity contribution in [1.82, 2.24) is 14.9 Å². The average molecular weight is 500 g/mol. The van der Waals surface area contributed by atoms with Crippen LogP contribution < -0.4 is 10.1 Å². The molecule has 0 saturated heterocycles. The number of nitrogens with zero attached hydrogens (tertiary/aromatic N) is 2. The molecule has 0 radical (unpaired) electrons. The highest BCUT2D eigenvalue weighted by atomic mass is 32.1. The van der Waals surface area contributed by atoms with Crippen LogP contribution in [-0.4, -0.2) is 29.1 Å². The first kappa shape index (κ1) is 24.3. The number of rotatable bonds is 8. The molecular weight excluding hydrogens is 466 g/mol. The van der Waals surface area contributed by atoms with Gasteiger partial charge < -0.3 is 14.6 Å². The summed E-state index contributed by atoms with van der Waals surface area (Å²) < 4.78 is 7.53. The molecule has 5 rings (SSSR count). The molecule has 1 N–H and O–H groups in total. The molecule has 1 saturated carbocycles. The molecule has 186 valence electrons. The summed E-state index contributed by atoms with van der Waals surface area (Å²) >= 11 is 1.63. The Morgan fingerprint density at radius 2 is 1.83 bits per heavy atom. The van der Waals surface area contributed by atoms with Crippen molar-refractivity contribution in [3.63, 3.8) is 0 Å². The number of benzene rings is 2. The molecule has 1 aliphatic rings. The van der Waals surface area contributed by atoms with Crippen LogP contribution >= 0.6 is 11.3 Å². The van der Waals surface area contributed by atoms with Gasteiger partial charge >= 0.3 is 0 Å². The van der Waals surface area contributed by atoms with Crippen molar-refractivity contribution in [3.05, 3.63) is 82.9 Å². The summed E-state index contributed by atoms with van der Waals surface area (Å²) in [6.45, 7) is 3.44. The quantitative estimate of drug-likeness (QED) is 0.285. The molecule has 4 aromatic rings. The molecule has 0 spiro atoms. The molecule has 0 bridgehead atoms. The van der Waals surface area contributed by atoms with E-state index in [4.69, 9.17) is 9.72 Å². The Balaban J connectivity index is 1.46. The fraction of sp³-hybridized carbons (Fsp3) is 0.333. The van der Waals surface area contributed by atoms with E-state index >= 15 is 0 Å². The number of carbonyl (C=O) groups excluding carboxylic acids is 1. The number of carbonyl (C=O) groups is 1. The van der Waals surface area contributed by atoms with Gasteiger partial charge in [-0.1, -0.05) is 61.7 Å². The fourth-order valence-corrected chi connectivity index (χ4v) is 5.85. The first-order valence-corrected chi connectivity index (χ1v) is 13.6. The lowest BCUT2D eigenvalue weighted by Gasteiger charge is -2.21. The zero-order chi connectivity index (χ0) is 24.9. The van der Waals surface area contributed by atoms with Crippen molar-refractivity contribution in [1.29, 1.82) is 0 Å². The van der Waals surface area contributed by atoms with Crippen molar-refractivity contribution in [2.45, 2.75) is 45.6 Å². The summed E-state index contributed by atoms with van der Waals surface area (Å²) in [6, 6.07) is 20.3. The number of methoxy groups -OCH3 is 1. The first-order chi connectivity index (χ1) is 17.6. The molecule has 0 unspecified atom stereocenters. The van der Waals surface area contributed by atoms with Crippen molar-refractivity contribution >= 4 is 17.2 Å².